The molecule has 2 saturated heterocycles. The summed E-state index contributed by atoms with van der Waals surface area (Å²) in [7, 11) is 4.75. The van der Waals surface area contributed by atoms with Crippen molar-refractivity contribution in [3.63, 3.8) is 0 Å². The van der Waals surface area contributed by atoms with Crippen molar-refractivity contribution in [3.8, 4) is 11.5 Å². The number of unbranched alkanes of at least 4 members (excludes halogenated alkanes) is 1. The molecule has 3 aromatic rings. The van der Waals surface area contributed by atoms with Crippen LogP contribution in [0.15, 0.2) is 78.9 Å². The number of methoxy groups -OCH3 is 3. The summed E-state index contributed by atoms with van der Waals surface area (Å²) in [5.74, 6) is -1.33. The molecule has 3 N–H and O–H groups in total. The molecule has 18 heteroatoms. The van der Waals surface area contributed by atoms with Gasteiger partial charge in [0.15, 0.2) is 18.5 Å². The summed E-state index contributed by atoms with van der Waals surface area (Å²) in [5.41, 5.74) is 1.43. The highest BCUT2D eigenvalue weighted by atomic mass is 16.7. The maximum Gasteiger partial charge on any atom is 0.303 e. The molecule has 67 heavy (non-hydrogen) atoms. The number of nitrogens with one attached hydrogen (secondary N) is 2. The Bertz CT molecular complexity index is 2000. The number of ether oxygens (including phenoxy) is 10. The van der Waals surface area contributed by atoms with Gasteiger partial charge in [0, 0.05) is 54.4 Å². The minimum Gasteiger partial charge on any atom is -0.497 e. The largest absolute Gasteiger partial charge is 0.497 e. The van der Waals surface area contributed by atoms with Gasteiger partial charge in [0.05, 0.1) is 26.9 Å². The summed E-state index contributed by atoms with van der Waals surface area (Å²) >= 11 is 0. The Balaban J connectivity index is 1.14. The van der Waals surface area contributed by atoms with Crippen LogP contribution in [0.25, 0.3) is 0 Å². The summed E-state index contributed by atoms with van der Waals surface area (Å²) in [6.07, 6.45) is -5.53. The van der Waals surface area contributed by atoms with E-state index in [-0.39, 0.29) is 32.1 Å². The van der Waals surface area contributed by atoms with E-state index in [1.54, 1.807) is 14.2 Å². The molecule has 18 nitrogen and oxygen atoms in total. The normalized spacial score (nSPS) is 23.7. The van der Waals surface area contributed by atoms with Crippen LogP contribution in [-0.2, 0) is 67.5 Å². The minimum atomic E-state index is -1.24. The second-order valence-corrected chi connectivity index (χ2v) is 16.3. The van der Waals surface area contributed by atoms with Gasteiger partial charge in [-0.15, -0.1) is 0 Å². The highest BCUT2D eigenvalue weighted by Crippen LogP contribution is 2.42. The second-order valence-electron chi connectivity index (χ2n) is 16.3. The third kappa shape index (κ3) is 14.2. The zero-order valence-electron chi connectivity index (χ0n) is 39.1. The van der Waals surface area contributed by atoms with Gasteiger partial charge >= 0.3 is 17.9 Å². The Kier molecular flexibility index (Phi) is 19.9. The van der Waals surface area contributed by atoms with E-state index in [2.05, 4.69) is 10.6 Å². The number of hydrogen-bond donors (Lipinski definition) is 3. The SMILES string of the molecule is COc1ccc(C(OC[C@H]2O[C@H](CCCNC(=O)CCCCO[C@@H]3O[C@H](COC(C)=O)[C@H](OC(C)=O)[C@H](OC(C)=O)[C@H]3NC(C)=O)[C@H](OC)[C@@H]2O)(c2ccccc2)c2ccc(OC)cc2)cc1. The van der Waals surface area contributed by atoms with Crippen molar-refractivity contribution >= 4 is 29.7 Å². The topological polar surface area (TPSA) is 222 Å². The molecule has 2 aliphatic heterocycles. The maximum absolute atomic E-state index is 12.9. The molecule has 2 aliphatic rings. The van der Waals surface area contributed by atoms with Gasteiger partial charge in [0.2, 0.25) is 11.8 Å². The molecule has 0 radical (unpaired) electrons. The molecule has 366 valence electrons. The van der Waals surface area contributed by atoms with Gasteiger partial charge in [-0.1, -0.05) is 54.6 Å². The number of rotatable bonds is 24. The maximum atomic E-state index is 12.9. The Morgan fingerprint density at radius 3 is 1.81 bits per heavy atom. The molecule has 0 saturated carbocycles. The molecule has 0 aromatic heterocycles. The quantitative estimate of drug-likeness (QED) is 0.0502. The van der Waals surface area contributed by atoms with Crippen LogP contribution in [0.2, 0.25) is 0 Å². The first-order chi connectivity index (χ1) is 32.2. The van der Waals surface area contributed by atoms with Gasteiger partial charge in [0.1, 0.15) is 54.2 Å². The predicted molar refractivity (Wildman–Crippen MR) is 240 cm³/mol. The van der Waals surface area contributed by atoms with Crippen molar-refractivity contribution in [1.82, 2.24) is 10.6 Å². The first-order valence-corrected chi connectivity index (χ1v) is 22.3. The van der Waals surface area contributed by atoms with Crippen LogP contribution < -0.4 is 20.1 Å². The van der Waals surface area contributed by atoms with Gasteiger partial charge in [-0.05, 0) is 66.6 Å². The summed E-state index contributed by atoms with van der Waals surface area (Å²) in [6, 6.07) is 24.1. The molecule has 3 aromatic carbocycles. The van der Waals surface area contributed by atoms with Crippen molar-refractivity contribution in [2.24, 2.45) is 0 Å². The molecular weight excluding hydrogens is 873 g/mol. The highest BCUT2D eigenvalue weighted by molar-refractivity contribution is 5.75. The van der Waals surface area contributed by atoms with Crippen molar-refractivity contribution in [2.45, 2.75) is 120 Å². The first-order valence-electron chi connectivity index (χ1n) is 22.3. The minimum absolute atomic E-state index is 0.0160. The Labute approximate surface area is 391 Å². The lowest BCUT2D eigenvalue weighted by molar-refractivity contribution is -0.277. The number of aliphatic hydroxyl groups excluding tert-OH is 1. The van der Waals surface area contributed by atoms with Gasteiger partial charge in [-0.25, -0.2) is 0 Å². The van der Waals surface area contributed by atoms with Crippen LogP contribution in [-0.4, -0.2) is 138 Å². The molecule has 9 atom stereocenters. The van der Waals surface area contributed by atoms with Crippen molar-refractivity contribution in [2.75, 3.05) is 47.7 Å². The summed E-state index contributed by atoms with van der Waals surface area (Å²) in [4.78, 5) is 60.8. The van der Waals surface area contributed by atoms with E-state index in [4.69, 9.17) is 47.4 Å². The van der Waals surface area contributed by atoms with E-state index in [1.807, 2.05) is 78.9 Å². The van der Waals surface area contributed by atoms with Crippen LogP contribution in [0.1, 0.15) is 76.5 Å². The third-order valence-corrected chi connectivity index (χ3v) is 11.5. The number of esters is 3. The molecule has 2 fully saturated rings. The predicted octanol–water partition coefficient (Wildman–Crippen LogP) is 3.90. The number of aliphatic hydroxyl groups is 1. The zero-order chi connectivity index (χ0) is 48.5. The van der Waals surface area contributed by atoms with Gasteiger partial charge in [-0.2, -0.15) is 0 Å². The monoisotopic (exact) mass is 936 g/mol. The second kappa shape index (κ2) is 25.5. The lowest BCUT2D eigenvalue weighted by Crippen LogP contribution is -2.66. The average molecular weight is 937 g/mol. The van der Waals surface area contributed by atoms with E-state index < -0.39 is 84.5 Å². The average Bonchev–Trinajstić information content (AvgIpc) is 3.62. The fourth-order valence-corrected chi connectivity index (χ4v) is 8.40. The molecule has 0 bridgehead atoms. The standard InChI is InChI=1S/C49H64N2O16/c1-30(52)51-43-47(65-33(4)55)46(64-32(3)54)41(28-62-31(2)53)67-48(43)61-27-12-11-17-42(56)50-26-13-16-39-45(60-7)44(57)40(66-39)29-63-49(34-14-9-8-10-15-34,35-18-22-37(58-5)23-19-35)36-20-24-38(59-6)25-21-36/h8-10,14-15,18-25,39-41,43-48,57H,11-13,16-17,26-29H2,1-7H3,(H,50,56)(H,51,52)/t39-,40-,41-,43-,44-,45+,46+,47-,48-/m1/s1. The molecular formula is C49H64N2O16. The Hall–Kier alpha value is -5.63. The summed E-state index contributed by atoms with van der Waals surface area (Å²) in [5, 5.41) is 17.1. The highest BCUT2D eigenvalue weighted by Gasteiger charge is 2.51. The lowest BCUT2D eigenvalue weighted by Gasteiger charge is -2.44. The van der Waals surface area contributed by atoms with Crippen molar-refractivity contribution in [3.05, 3.63) is 95.6 Å². The third-order valence-electron chi connectivity index (χ3n) is 11.5. The van der Waals surface area contributed by atoms with Crippen molar-refractivity contribution < 1.29 is 76.4 Å². The molecule has 2 heterocycles. The molecule has 2 amide bonds. The first kappa shape index (κ1) is 52.3. The van der Waals surface area contributed by atoms with Gasteiger partial charge in [0.25, 0.3) is 0 Å². The van der Waals surface area contributed by atoms with Crippen LogP contribution >= 0.6 is 0 Å². The number of hydrogen-bond acceptors (Lipinski definition) is 16. The van der Waals surface area contributed by atoms with Crippen molar-refractivity contribution in [1.29, 1.82) is 0 Å². The van der Waals surface area contributed by atoms with Gasteiger partial charge < -0.3 is 63.1 Å². The number of amides is 2. The van der Waals surface area contributed by atoms with Gasteiger partial charge in [-0.3, -0.25) is 24.0 Å². The van der Waals surface area contributed by atoms with E-state index in [0.717, 1.165) is 30.5 Å². The molecule has 0 spiro atoms. The summed E-state index contributed by atoms with van der Waals surface area (Å²) < 4.78 is 58.2. The van der Waals surface area contributed by atoms with E-state index in [1.165, 1.54) is 21.0 Å². The van der Waals surface area contributed by atoms with E-state index in [9.17, 15) is 29.1 Å². The molecule has 0 unspecified atom stereocenters. The van der Waals surface area contributed by atoms with Crippen LogP contribution in [0.4, 0.5) is 0 Å². The van der Waals surface area contributed by atoms with E-state index >= 15 is 0 Å². The fraction of sp³-hybridized carbons (Fsp3) is 0.531. The van der Waals surface area contributed by atoms with E-state index in [0.29, 0.717) is 43.7 Å². The van der Waals surface area contributed by atoms with Crippen LogP contribution in [0, 0.1) is 0 Å². The molecule has 0 aliphatic carbocycles. The molecule has 5 rings (SSSR count). The zero-order valence-corrected chi connectivity index (χ0v) is 39.1. The number of carbonyl (C=O) groups is 5. The fourth-order valence-electron chi connectivity index (χ4n) is 8.40. The Morgan fingerprint density at radius 2 is 1.25 bits per heavy atom. The smallest absolute Gasteiger partial charge is 0.303 e. The van der Waals surface area contributed by atoms with Crippen LogP contribution in [0.3, 0.4) is 0 Å². The number of carbonyl (C=O) groups excluding carboxylic acids is 5. The number of benzene rings is 3. The van der Waals surface area contributed by atoms with Crippen LogP contribution in [0.5, 0.6) is 11.5 Å². The Morgan fingerprint density at radius 1 is 0.657 bits per heavy atom. The summed E-state index contributed by atoms with van der Waals surface area (Å²) in [6.45, 7) is 4.87. The lowest BCUT2D eigenvalue weighted by atomic mass is 9.80.